The van der Waals surface area contributed by atoms with Crippen molar-refractivity contribution >= 4 is 45.2 Å². The Kier molecular flexibility index (Phi) is 6.94. The van der Waals surface area contributed by atoms with Gasteiger partial charge in [0.15, 0.2) is 0 Å². The summed E-state index contributed by atoms with van der Waals surface area (Å²) in [5.41, 5.74) is 0.694. The van der Waals surface area contributed by atoms with E-state index in [9.17, 15) is 9.59 Å². The molecule has 1 aromatic rings. The molecule has 6 heteroatoms. The Labute approximate surface area is 125 Å². The molecule has 0 unspecified atom stereocenters. The van der Waals surface area contributed by atoms with Crippen molar-refractivity contribution in [3.63, 3.8) is 0 Å². The SMILES string of the molecule is CS[C@H](C)CC(=O)NCC(=O)Nc1ccccc1Br. The minimum Gasteiger partial charge on any atom is -0.347 e. The Hall–Kier alpha value is -1.01. The Balaban J connectivity index is 2.36. The summed E-state index contributed by atoms with van der Waals surface area (Å²) in [6, 6.07) is 7.33. The van der Waals surface area contributed by atoms with Crippen LogP contribution < -0.4 is 10.6 Å². The molecule has 0 aliphatic carbocycles. The van der Waals surface area contributed by atoms with Gasteiger partial charge in [0.1, 0.15) is 0 Å². The molecule has 0 spiro atoms. The van der Waals surface area contributed by atoms with Gasteiger partial charge in [-0.25, -0.2) is 0 Å². The maximum Gasteiger partial charge on any atom is 0.243 e. The number of carbonyl (C=O) groups excluding carboxylic acids is 2. The molecule has 0 fully saturated rings. The minimum atomic E-state index is -0.239. The average molecular weight is 345 g/mol. The Morgan fingerprint density at radius 2 is 2.00 bits per heavy atom. The second-order valence-electron chi connectivity index (χ2n) is 4.06. The van der Waals surface area contributed by atoms with Crippen LogP contribution in [0.4, 0.5) is 5.69 Å². The number of benzene rings is 1. The van der Waals surface area contributed by atoms with Gasteiger partial charge in [-0.1, -0.05) is 19.1 Å². The lowest BCUT2D eigenvalue weighted by molar-refractivity contribution is -0.124. The lowest BCUT2D eigenvalue weighted by Crippen LogP contribution is -2.33. The van der Waals surface area contributed by atoms with E-state index in [0.717, 1.165) is 4.47 Å². The van der Waals surface area contributed by atoms with Gasteiger partial charge < -0.3 is 10.6 Å². The van der Waals surface area contributed by atoms with E-state index in [-0.39, 0.29) is 23.6 Å². The Bertz CT molecular complexity index is 454. The smallest absolute Gasteiger partial charge is 0.243 e. The third kappa shape index (κ3) is 6.11. The molecule has 0 aromatic heterocycles. The molecule has 4 nitrogen and oxygen atoms in total. The Morgan fingerprint density at radius 1 is 1.32 bits per heavy atom. The van der Waals surface area contributed by atoms with Crippen molar-refractivity contribution in [2.75, 3.05) is 18.1 Å². The highest BCUT2D eigenvalue weighted by Crippen LogP contribution is 2.20. The fourth-order valence-electron chi connectivity index (χ4n) is 1.35. The quantitative estimate of drug-likeness (QED) is 0.833. The maximum atomic E-state index is 11.7. The third-order valence-corrected chi connectivity index (χ3v) is 4.13. The lowest BCUT2D eigenvalue weighted by atomic mass is 10.3. The van der Waals surface area contributed by atoms with Crippen molar-refractivity contribution in [3.05, 3.63) is 28.7 Å². The number of para-hydroxylation sites is 1. The first kappa shape index (κ1) is 16.0. The van der Waals surface area contributed by atoms with Gasteiger partial charge in [0.25, 0.3) is 0 Å². The van der Waals surface area contributed by atoms with E-state index in [1.165, 1.54) is 0 Å². The number of rotatable bonds is 6. The first-order valence-electron chi connectivity index (χ1n) is 5.86. The molecule has 2 amide bonds. The molecule has 2 N–H and O–H groups in total. The maximum absolute atomic E-state index is 11.7. The summed E-state index contributed by atoms with van der Waals surface area (Å²) < 4.78 is 0.811. The van der Waals surface area contributed by atoms with Crippen LogP contribution in [-0.2, 0) is 9.59 Å². The highest BCUT2D eigenvalue weighted by molar-refractivity contribution is 9.10. The molecular formula is C13H17BrN2O2S. The summed E-state index contributed by atoms with van der Waals surface area (Å²) in [5.74, 6) is -0.346. The topological polar surface area (TPSA) is 58.2 Å². The molecule has 0 aliphatic rings. The third-order valence-electron chi connectivity index (χ3n) is 2.47. The van der Waals surface area contributed by atoms with E-state index >= 15 is 0 Å². The lowest BCUT2D eigenvalue weighted by Gasteiger charge is -2.10. The van der Waals surface area contributed by atoms with Gasteiger partial charge >= 0.3 is 0 Å². The zero-order valence-electron chi connectivity index (χ0n) is 10.9. The first-order chi connectivity index (χ1) is 9.02. The van der Waals surface area contributed by atoms with Gasteiger partial charge in [0, 0.05) is 16.1 Å². The summed E-state index contributed by atoms with van der Waals surface area (Å²) in [4.78, 5) is 23.2. The van der Waals surface area contributed by atoms with Crippen LogP contribution in [0.3, 0.4) is 0 Å². The summed E-state index contributed by atoms with van der Waals surface area (Å²) in [6.45, 7) is 1.96. The molecule has 1 atom stereocenters. The molecule has 0 saturated carbocycles. The van der Waals surface area contributed by atoms with E-state index in [1.54, 1.807) is 17.8 Å². The van der Waals surface area contributed by atoms with Gasteiger partial charge in [-0.2, -0.15) is 11.8 Å². The van der Waals surface area contributed by atoms with E-state index in [0.29, 0.717) is 12.1 Å². The molecule has 19 heavy (non-hydrogen) atoms. The largest absolute Gasteiger partial charge is 0.347 e. The molecule has 0 heterocycles. The van der Waals surface area contributed by atoms with Crippen LogP contribution in [-0.4, -0.2) is 29.9 Å². The van der Waals surface area contributed by atoms with E-state index in [2.05, 4.69) is 26.6 Å². The van der Waals surface area contributed by atoms with Crippen molar-refractivity contribution in [2.45, 2.75) is 18.6 Å². The van der Waals surface area contributed by atoms with Crippen LogP contribution >= 0.6 is 27.7 Å². The number of thioether (sulfide) groups is 1. The van der Waals surface area contributed by atoms with Gasteiger partial charge in [0.05, 0.1) is 12.2 Å². The van der Waals surface area contributed by atoms with Crippen LogP contribution in [0.1, 0.15) is 13.3 Å². The van der Waals surface area contributed by atoms with Gasteiger partial charge in [-0.05, 0) is 34.3 Å². The first-order valence-corrected chi connectivity index (χ1v) is 7.95. The molecule has 1 aromatic carbocycles. The van der Waals surface area contributed by atoms with Crippen LogP contribution in [0.15, 0.2) is 28.7 Å². The van der Waals surface area contributed by atoms with Gasteiger partial charge in [-0.3, -0.25) is 9.59 Å². The highest BCUT2D eigenvalue weighted by Gasteiger charge is 2.10. The minimum absolute atomic E-state index is 0.0126. The summed E-state index contributed by atoms with van der Waals surface area (Å²) in [5, 5.41) is 5.59. The fraction of sp³-hybridized carbons (Fsp3) is 0.385. The number of nitrogens with one attached hydrogen (secondary N) is 2. The molecule has 0 saturated heterocycles. The van der Waals surface area contributed by atoms with Crippen LogP contribution in [0, 0.1) is 0 Å². The summed E-state index contributed by atoms with van der Waals surface area (Å²) >= 11 is 4.97. The van der Waals surface area contributed by atoms with E-state index < -0.39 is 0 Å². The van der Waals surface area contributed by atoms with E-state index in [1.807, 2.05) is 31.4 Å². The molecule has 0 bridgehead atoms. The second kappa shape index (κ2) is 8.22. The standard InChI is InChI=1S/C13H17BrN2O2S/c1-9(19-2)7-12(17)15-8-13(18)16-11-6-4-3-5-10(11)14/h3-6,9H,7-8H2,1-2H3,(H,15,17)(H,16,18)/t9-/m1/s1. The number of hydrogen-bond donors (Lipinski definition) is 2. The predicted octanol–water partition coefficient (Wildman–Crippen LogP) is 2.65. The fourth-order valence-corrected chi connectivity index (χ4v) is 2.05. The number of anilines is 1. The number of hydrogen-bond acceptors (Lipinski definition) is 3. The van der Waals surface area contributed by atoms with Crippen molar-refractivity contribution in [2.24, 2.45) is 0 Å². The van der Waals surface area contributed by atoms with E-state index in [4.69, 9.17) is 0 Å². The second-order valence-corrected chi connectivity index (χ2v) is 6.19. The van der Waals surface area contributed by atoms with Crippen molar-refractivity contribution in [1.82, 2.24) is 5.32 Å². The normalized spacial score (nSPS) is 11.7. The predicted molar refractivity (Wildman–Crippen MR) is 83.4 cm³/mol. The van der Waals surface area contributed by atoms with Crippen LogP contribution in [0.2, 0.25) is 0 Å². The summed E-state index contributed by atoms with van der Waals surface area (Å²) in [7, 11) is 0. The number of halogens is 1. The van der Waals surface area contributed by atoms with Crippen LogP contribution in [0.5, 0.6) is 0 Å². The molecule has 0 aliphatic heterocycles. The molecule has 0 radical (unpaired) electrons. The average Bonchev–Trinajstić information content (AvgIpc) is 2.39. The number of carbonyl (C=O) groups is 2. The zero-order valence-corrected chi connectivity index (χ0v) is 13.3. The van der Waals surface area contributed by atoms with Crippen LogP contribution in [0.25, 0.3) is 0 Å². The molecule has 104 valence electrons. The number of amides is 2. The van der Waals surface area contributed by atoms with Gasteiger partial charge in [-0.15, -0.1) is 0 Å². The Morgan fingerprint density at radius 3 is 2.63 bits per heavy atom. The zero-order chi connectivity index (χ0) is 14.3. The summed E-state index contributed by atoms with van der Waals surface area (Å²) in [6.07, 6.45) is 2.38. The van der Waals surface area contributed by atoms with Crippen molar-refractivity contribution in [1.29, 1.82) is 0 Å². The monoisotopic (exact) mass is 344 g/mol. The van der Waals surface area contributed by atoms with Crippen molar-refractivity contribution < 1.29 is 9.59 Å². The highest BCUT2D eigenvalue weighted by atomic mass is 79.9. The van der Waals surface area contributed by atoms with Crippen molar-refractivity contribution in [3.8, 4) is 0 Å². The van der Waals surface area contributed by atoms with Gasteiger partial charge in [0.2, 0.25) is 11.8 Å². The molecular weight excluding hydrogens is 328 g/mol. The molecule has 1 rings (SSSR count).